The molecule has 0 saturated carbocycles. The van der Waals surface area contributed by atoms with E-state index in [1.807, 2.05) is 0 Å². The molecule has 0 fully saturated rings. The van der Waals surface area contributed by atoms with Gasteiger partial charge in [0.2, 0.25) is 11.6 Å². The molecule has 20 heavy (non-hydrogen) atoms. The van der Waals surface area contributed by atoms with Crippen LogP contribution in [0.25, 0.3) is 5.69 Å². The number of aliphatic hydroxyl groups is 4. The number of hydrogen-bond donors (Lipinski definition) is 5. The van der Waals surface area contributed by atoms with Crippen molar-refractivity contribution in [2.75, 3.05) is 0 Å². The van der Waals surface area contributed by atoms with E-state index in [4.69, 9.17) is 0 Å². The Kier molecular flexibility index (Phi) is 3.90. The SMILES string of the molecule is CC(S)C(O)(O)C(O)(O)c1ccccc1-n1ccnc1. The van der Waals surface area contributed by atoms with E-state index in [2.05, 4.69) is 17.6 Å². The fourth-order valence-corrected chi connectivity index (χ4v) is 2.06. The highest BCUT2D eigenvalue weighted by molar-refractivity contribution is 7.81. The quantitative estimate of drug-likeness (QED) is 0.404. The molecular weight excluding hydrogens is 280 g/mol. The molecule has 1 heterocycles. The Hall–Kier alpha value is -1.38. The average molecular weight is 296 g/mol. The Bertz CT molecular complexity index is 582. The van der Waals surface area contributed by atoms with Crippen LogP contribution in [0, 0.1) is 0 Å². The van der Waals surface area contributed by atoms with Crippen LogP contribution in [0.15, 0.2) is 43.0 Å². The van der Waals surface area contributed by atoms with Crippen molar-refractivity contribution >= 4 is 12.6 Å². The second-order valence-electron chi connectivity index (χ2n) is 4.56. The largest absolute Gasteiger partial charge is 0.360 e. The van der Waals surface area contributed by atoms with E-state index in [0.717, 1.165) is 0 Å². The molecule has 2 rings (SSSR count). The van der Waals surface area contributed by atoms with Crippen LogP contribution in [0.2, 0.25) is 0 Å². The maximum atomic E-state index is 10.2. The summed E-state index contributed by atoms with van der Waals surface area (Å²) < 4.78 is 1.54. The van der Waals surface area contributed by atoms with Crippen molar-refractivity contribution in [3.63, 3.8) is 0 Å². The summed E-state index contributed by atoms with van der Waals surface area (Å²) in [4.78, 5) is 3.88. The van der Waals surface area contributed by atoms with Gasteiger partial charge in [0, 0.05) is 18.0 Å². The summed E-state index contributed by atoms with van der Waals surface area (Å²) in [7, 11) is 0. The van der Waals surface area contributed by atoms with Crippen molar-refractivity contribution in [1.82, 2.24) is 9.55 Å². The lowest BCUT2D eigenvalue weighted by atomic mass is 9.93. The first-order valence-electron chi connectivity index (χ1n) is 5.94. The molecule has 1 atom stereocenters. The van der Waals surface area contributed by atoms with Crippen molar-refractivity contribution in [2.45, 2.75) is 23.7 Å². The van der Waals surface area contributed by atoms with Crippen molar-refractivity contribution in [2.24, 2.45) is 0 Å². The highest BCUT2D eigenvalue weighted by atomic mass is 32.1. The molecule has 108 valence electrons. The van der Waals surface area contributed by atoms with Gasteiger partial charge in [0.25, 0.3) is 0 Å². The molecule has 0 radical (unpaired) electrons. The third kappa shape index (κ3) is 2.34. The molecule has 0 spiro atoms. The summed E-state index contributed by atoms with van der Waals surface area (Å²) in [6.45, 7) is 1.35. The molecule has 0 saturated heterocycles. The molecular formula is C13H16N2O4S. The smallest absolute Gasteiger partial charge is 0.249 e. The fraction of sp³-hybridized carbons (Fsp3) is 0.308. The second-order valence-corrected chi connectivity index (χ2v) is 5.34. The number of thiol groups is 1. The Morgan fingerprint density at radius 3 is 2.40 bits per heavy atom. The van der Waals surface area contributed by atoms with E-state index in [1.54, 1.807) is 24.4 Å². The zero-order chi connectivity index (χ0) is 15.0. The Morgan fingerprint density at radius 1 is 1.20 bits per heavy atom. The van der Waals surface area contributed by atoms with Crippen molar-refractivity contribution < 1.29 is 20.4 Å². The van der Waals surface area contributed by atoms with E-state index in [-0.39, 0.29) is 5.56 Å². The van der Waals surface area contributed by atoms with Crippen LogP contribution >= 0.6 is 12.6 Å². The van der Waals surface area contributed by atoms with Crippen LogP contribution in [-0.4, -0.2) is 41.0 Å². The van der Waals surface area contributed by atoms with E-state index >= 15 is 0 Å². The molecule has 6 nitrogen and oxygen atoms in total. The number of benzene rings is 1. The first-order valence-corrected chi connectivity index (χ1v) is 6.45. The maximum absolute atomic E-state index is 10.2. The summed E-state index contributed by atoms with van der Waals surface area (Å²) in [5.74, 6) is -5.72. The minimum Gasteiger partial charge on any atom is -0.360 e. The van der Waals surface area contributed by atoms with Gasteiger partial charge in [0.15, 0.2) is 0 Å². The number of imidazole rings is 1. The predicted octanol–water partition coefficient (Wildman–Crippen LogP) is 0.00890. The van der Waals surface area contributed by atoms with Gasteiger partial charge in [-0.2, -0.15) is 12.6 Å². The summed E-state index contributed by atoms with van der Waals surface area (Å²) >= 11 is 3.89. The number of nitrogens with zero attached hydrogens (tertiary/aromatic N) is 2. The van der Waals surface area contributed by atoms with Crippen molar-refractivity contribution in [3.05, 3.63) is 48.5 Å². The van der Waals surface area contributed by atoms with Gasteiger partial charge in [0.05, 0.1) is 17.3 Å². The highest BCUT2D eigenvalue weighted by Crippen LogP contribution is 2.36. The number of para-hydroxylation sites is 1. The lowest BCUT2D eigenvalue weighted by Gasteiger charge is -2.38. The first-order chi connectivity index (χ1) is 9.28. The Labute approximate surface area is 121 Å². The molecule has 0 aliphatic carbocycles. The van der Waals surface area contributed by atoms with Gasteiger partial charge in [-0.25, -0.2) is 4.98 Å². The lowest BCUT2D eigenvalue weighted by molar-refractivity contribution is -0.363. The average Bonchev–Trinajstić information content (AvgIpc) is 2.92. The lowest BCUT2D eigenvalue weighted by Crippen LogP contribution is -2.57. The summed E-state index contributed by atoms with van der Waals surface area (Å²) in [5.41, 5.74) is 0.306. The molecule has 1 aromatic carbocycles. The second kappa shape index (κ2) is 5.19. The first kappa shape index (κ1) is 15.0. The van der Waals surface area contributed by atoms with Crippen molar-refractivity contribution in [3.8, 4) is 5.69 Å². The topological polar surface area (TPSA) is 98.7 Å². The molecule has 0 bridgehead atoms. The maximum Gasteiger partial charge on any atom is 0.249 e. The van der Waals surface area contributed by atoms with Crippen LogP contribution in [0.1, 0.15) is 12.5 Å². The van der Waals surface area contributed by atoms with Crippen LogP contribution < -0.4 is 0 Å². The Morgan fingerprint density at radius 2 is 1.85 bits per heavy atom. The third-order valence-electron chi connectivity index (χ3n) is 3.16. The van der Waals surface area contributed by atoms with Gasteiger partial charge in [0.1, 0.15) is 0 Å². The van der Waals surface area contributed by atoms with Gasteiger partial charge < -0.3 is 25.0 Å². The van der Waals surface area contributed by atoms with Crippen LogP contribution in [0.3, 0.4) is 0 Å². The minimum atomic E-state index is -2.89. The van der Waals surface area contributed by atoms with Gasteiger partial charge in [-0.3, -0.25) is 0 Å². The zero-order valence-electron chi connectivity index (χ0n) is 10.7. The zero-order valence-corrected chi connectivity index (χ0v) is 11.6. The Balaban J connectivity index is 2.59. The van der Waals surface area contributed by atoms with Gasteiger partial charge in [-0.1, -0.05) is 18.2 Å². The third-order valence-corrected chi connectivity index (χ3v) is 3.52. The van der Waals surface area contributed by atoms with E-state index in [1.165, 1.54) is 30.1 Å². The molecule has 2 aromatic rings. The number of rotatable bonds is 4. The van der Waals surface area contributed by atoms with Crippen molar-refractivity contribution in [1.29, 1.82) is 0 Å². The van der Waals surface area contributed by atoms with Gasteiger partial charge in [-0.15, -0.1) is 0 Å². The summed E-state index contributed by atoms with van der Waals surface area (Å²) in [6, 6.07) is 6.26. The fourth-order valence-electron chi connectivity index (χ4n) is 1.88. The van der Waals surface area contributed by atoms with E-state index in [0.29, 0.717) is 5.69 Å². The van der Waals surface area contributed by atoms with Gasteiger partial charge >= 0.3 is 0 Å². The number of hydrogen-bond acceptors (Lipinski definition) is 6. The molecule has 0 aliphatic rings. The normalized spacial score (nSPS) is 14.3. The molecule has 0 amide bonds. The van der Waals surface area contributed by atoms with E-state index < -0.39 is 16.8 Å². The van der Waals surface area contributed by atoms with E-state index in [9.17, 15) is 20.4 Å². The predicted molar refractivity (Wildman–Crippen MR) is 75.3 cm³/mol. The molecule has 0 aliphatic heterocycles. The standard InChI is InChI=1S/C13H16N2O4S/c1-9(20)12(16,17)13(18,19)10-4-2-3-5-11(10)15-7-6-14-8-15/h2-9,16-20H,1H3. The van der Waals surface area contributed by atoms with Gasteiger partial charge in [-0.05, 0) is 13.0 Å². The highest BCUT2D eigenvalue weighted by Gasteiger charge is 2.52. The molecule has 7 heteroatoms. The summed E-state index contributed by atoms with van der Waals surface area (Å²) in [5, 5.41) is 39.3. The van der Waals surface area contributed by atoms with Crippen LogP contribution in [0.5, 0.6) is 0 Å². The molecule has 1 unspecified atom stereocenters. The number of aromatic nitrogens is 2. The molecule has 1 aromatic heterocycles. The monoisotopic (exact) mass is 296 g/mol. The van der Waals surface area contributed by atoms with Crippen LogP contribution in [0.4, 0.5) is 0 Å². The summed E-state index contributed by atoms with van der Waals surface area (Å²) in [6.07, 6.45) is 4.60. The molecule has 4 N–H and O–H groups in total. The van der Waals surface area contributed by atoms with Crippen LogP contribution in [-0.2, 0) is 5.79 Å². The minimum absolute atomic E-state index is 0.0658.